The molecule has 5 nitrogen and oxygen atoms in total. The topological polar surface area (TPSA) is 72.4 Å². The van der Waals surface area contributed by atoms with Crippen molar-refractivity contribution in [2.45, 2.75) is 0 Å². The van der Waals surface area contributed by atoms with E-state index >= 15 is 0 Å². The van der Waals surface area contributed by atoms with E-state index in [0.29, 0.717) is 0 Å². The van der Waals surface area contributed by atoms with E-state index in [1.807, 2.05) is 49.1 Å². The molecule has 0 amide bonds. The number of carboxylic acids is 1. The van der Waals surface area contributed by atoms with E-state index in [-0.39, 0.29) is 0 Å². The molecule has 1 heterocycles. The number of hydrogen-bond acceptors (Lipinski definition) is 3. The highest BCUT2D eigenvalue weighted by Crippen LogP contribution is 2.20. The Labute approximate surface area is 125 Å². The first-order valence-electron chi connectivity index (χ1n) is 5.34. The number of aliphatic carboxylic acids is 1. The molecule has 0 spiro atoms. The Kier molecular flexibility index (Phi) is 8.09. The van der Waals surface area contributed by atoms with Gasteiger partial charge in [0, 0.05) is 14.7 Å². The van der Waals surface area contributed by atoms with Crippen molar-refractivity contribution < 1.29 is 14.5 Å². The third-order valence-corrected chi connectivity index (χ3v) is 3.55. The van der Waals surface area contributed by atoms with E-state index in [9.17, 15) is 9.90 Å². The van der Waals surface area contributed by atoms with Crippen molar-refractivity contribution in [3.63, 3.8) is 0 Å². The molecule has 0 bridgehead atoms. The normalized spacial score (nSPS) is 9.74. The highest BCUT2D eigenvalue weighted by molar-refractivity contribution is 9.10. The van der Waals surface area contributed by atoms with Gasteiger partial charge in [-0.15, -0.1) is 11.3 Å². The molecule has 106 valence electrons. The van der Waals surface area contributed by atoms with Crippen LogP contribution in [-0.2, 0) is 4.79 Å². The first kappa shape index (κ1) is 17.7. The lowest BCUT2D eigenvalue weighted by Gasteiger charge is -2.04. The smallest absolute Gasteiger partial charge is 0.344 e. The summed E-state index contributed by atoms with van der Waals surface area (Å²) in [5, 5.41) is 11.9. The molecule has 0 saturated heterocycles. The molecule has 0 radical (unpaired) electrons. The molecule has 1 rings (SSSR count). The number of rotatable bonds is 2. The molecule has 2 N–H and O–H groups in total. The highest BCUT2D eigenvalue weighted by atomic mass is 79.9. The van der Waals surface area contributed by atoms with Crippen LogP contribution in [0.3, 0.4) is 0 Å². The fourth-order valence-corrected chi connectivity index (χ4v) is 2.30. The van der Waals surface area contributed by atoms with Crippen LogP contribution in [0, 0.1) is 0 Å². The first-order chi connectivity index (χ1) is 8.73. The third kappa shape index (κ3) is 8.39. The second-order valence-corrected chi connectivity index (χ2v) is 5.83. The van der Waals surface area contributed by atoms with E-state index in [1.165, 1.54) is 17.4 Å². The largest absolute Gasteiger partial charge is 0.545 e. The fourth-order valence-electron chi connectivity index (χ4n) is 0.966. The van der Waals surface area contributed by atoms with E-state index in [4.69, 9.17) is 5.73 Å². The molecule has 7 heteroatoms. The molecule has 0 saturated carbocycles. The Hall–Kier alpha value is -1.34. The van der Waals surface area contributed by atoms with Gasteiger partial charge in [0.05, 0.1) is 34.2 Å². The second kappa shape index (κ2) is 8.71. The Morgan fingerprint density at radius 3 is 2.37 bits per heavy atom. The molecule has 1 aromatic heterocycles. The van der Waals surface area contributed by atoms with Crippen LogP contribution in [0.25, 0.3) is 6.08 Å². The quantitative estimate of drug-likeness (QED) is 0.364. The van der Waals surface area contributed by atoms with Crippen molar-refractivity contribution in [1.29, 1.82) is 0 Å². The van der Waals surface area contributed by atoms with Crippen LogP contribution < -0.4 is 10.8 Å². The minimum absolute atomic E-state index is 0.769. The number of halogens is 1. The van der Waals surface area contributed by atoms with Crippen LogP contribution in [0.2, 0.25) is 0 Å². The second-order valence-electron chi connectivity index (χ2n) is 3.97. The van der Waals surface area contributed by atoms with Crippen LogP contribution >= 0.6 is 27.3 Å². The predicted molar refractivity (Wildman–Crippen MR) is 81.0 cm³/mol. The van der Waals surface area contributed by atoms with Gasteiger partial charge in [0.25, 0.3) is 0 Å². The Bertz CT molecular complexity index is 477. The summed E-state index contributed by atoms with van der Waals surface area (Å²) in [5.41, 5.74) is 5.53. The molecule has 0 atom stereocenters. The van der Waals surface area contributed by atoms with Gasteiger partial charge < -0.3 is 9.90 Å². The number of nitrogens with two attached hydrogens (primary N) is 1. The maximum atomic E-state index is 9.97. The summed E-state index contributed by atoms with van der Waals surface area (Å²) in [4.78, 5) is 12.7. The SMILES string of the molecule is CN(C)C(N)=[N+](C)C.O=C([O-])/C=C/c1cc(Br)cs1. The Morgan fingerprint density at radius 2 is 2.11 bits per heavy atom. The molecular formula is C12H18BrN3O2S. The van der Waals surface area contributed by atoms with Crippen LogP contribution in [0.5, 0.6) is 0 Å². The molecule has 0 fully saturated rings. The average molecular weight is 348 g/mol. The zero-order chi connectivity index (χ0) is 15.0. The van der Waals surface area contributed by atoms with E-state index in [0.717, 1.165) is 21.4 Å². The maximum absolute atomic E-state index is 9.97. The number of carboxylic acid groups (broad SMARTS) is 1. The molecule has 0 aliphatic heterocycles. The van der Waals surface area contributed by atoms with Crippen LogP contribution in [-0.4, -0.2) is 49.6 Å². The number of carbonyl (C=O) groups is 1. The lowest BCUT2D eigenvalue weighted by atomic mass is 10.4. The van der Waals surface area contributed by atoms with Crippen molar-refractivity contribution in [2.75, 3.05) is 28.2 Å². The lowest BCUT2D eigenvalue weighted by Crippen LogP contribution is -2.36. The van der Waals surface area contributed by atoms with Gasteiger partial charge in [-0.05, 0) is 34.1 Å². The third-order valence-electron chi connectivity index (χ3n) is 1.89. The van der Waals surface area contributed by atoms with Crippen LogP contribution in [0.15, 0.2) is 22.0 Å². The molecule has 0 aliphatic carbocycles. The van der Waals surface area contributed by atoms with Gasteiger partial charge >= 0.3 is 5.96 Å². The molecule has 0 unspecified atom stereocenters. The summed E-state index contributed by atoms with van der Waals surface area (Å²) < 4.78 is 2.82. The fraction of sp³-hybridized carbons (Fsp3) is 0.333. The number of carbonyl (C=O) groups excluding carboxylic acids is 1. The average Bonchev–Trinajstić information content (AvgIpc) is 2.72. The lowest BCUT2D eigenvalue weighted by molar-refractivity contribution is -0.470. The van der Waals surface area contributed by atoms with Crippen molar-refractivity contribution in [1.82, 2.24) is 4.90 Å². The van der Waals surface area contributed by atoms with Crippen molar-refractivity contribution in [3.05, 3.63) is 26.9 Å². The molecule has 19 heavy (non-hydrogen) atoms. The zero-order valence-electron chi connectivity index (χ0n) is 11.4. The Morgan fingerprint density at radius 1 is 1.53 bits per heavy atom. The molecule has 1 aromatic rings. The van der Waals surface area contributed by atoms with Gasteiger partial charge in [0.15, 0.2) is 0 Å². The summed E-state index contributed by atoms with van der Waals surface area (Å²) in [6.45, 7) is 0. The zero-order valence-corrected chi connectivity index (χ0v) is 13.8. The number of thiophene rings is 1. The summed E-state index contributed by atoms with van der Waals surface area (Å²) >= 11 is 4.72. The summed E-state index contributed by atoms with van der Waals surface area (Å²) in [6.07, 6.45) is 2.52. The minimum Gasteiger partial charge on any atom is -0.545 e. The summed E-state index contributed by atoms with van der Waals surface area (Å²) in [6, 6.07) is 1.84. The van der Waals surface area contributed by atoms with Crippen molar-refractivity contribution >= 4 is 45.3 Å². The maximum Gasteiger partial charge on any atom is 0.344 e. The number of hydrogen-bond donors (Lipinski definition) is 1. The molecule has 0 aliphatic rings. The van der Waals surface area contributed by atoms with E-state index in [1.54, 1.807) is 0 Å². The number of nitrogens with zero attached hydrogens (tertiary/aromatic N) is 2. The van der Waals surface area contributed by atoms with Gasteiger partial charge in [-0.25, -0.2) is 0 Å². The van der Waals surface area contributed by atoms with Crippen molar-refractivity contribution in [2.24, 2.45) is 5.73 Å². The van der Waals surface area contributed by atoms with Crippen molar-refractivity contribution in [3.8, 4) is 0 Å². The number of guanidine groups is 1. The summed E-state index contributed by atoms with van der Waals surface area (Å²) in [7, 11) is 7.65. The Balaban J connectivity index is 0.000000362. The van der Waals surface area contributed by atoms with Gasteiger partial charge in [0.2, 0.25) is 0 Å². The minimum atomic E-state index is -1.17. The van der Waals surface area contributed by atoms with Gasteiger partial charge in [-0.1, -0.05) is 0 Å². The molecular weight excluding hydrogens is 330 g/mol. The summed E-state index contributed by atoms with van der Waals surface area (Å²) in [5.74, 6) is -0.403. The first-order valence-corrected chi connectivity index (χ1v) is 7.01. The van der Waals surface area contributed by atoms with Gasteiger partial charge in [-0.3, -0.25) is 15.2 Å². The predicted octanol–water partition coefficient (Wildman–Crippen LogP) is 0.409. The standard InChI is InChI=1S/C7H5BrO2S.C5H13N3/c8-5-3-6(11-4-5)1-2-7(9)10;1-7(2)5(6)8(3)4/h1-4H,(H,9,10);6H,1-4H3/b2-1+;. The monoisotopic (exact) mass is 347 g/mol. The van der Waals surface area contributed by atoms with Gasteiger partial charge in [-0.2, -0.15) is 0 Å². The van der Waals surface area contributed by atoms with Crippen LogP contribution in [0.1, 0.15) is 4.88 Å². The highest BCUT2D eigenvalue weighted by Gasteiger charge is 2.00. The van der Waals surface area contributed by atoms with Gasteiger partial charge in [0.1, 0.15) is 0 Å². The van der Waals surface area contributed by atoms with E-state index < -0.39 is 5.97 Å². The van der Waals surface area contributed by atoms with E-state index in [2.05, 4.69) is 15.9 Å². The molecule has 0 aromatic carbocycles. The van der Waals surface area contributed by atoms with Crippen LogP contribution in [0.4, 0.5) is 0 Å².